The number of hydrogen-bond donors (Lipinski definition) is 0. The predicted octanol–water partition coefficient (Wildman–Crippen LogP) is 15.2. The summed E-state index contributed by atoms with van der Waals surface area (Å²) in [6.45, 7) is 0. The van der Waals surface area contributed by atoms with Crippen molar-refractivity contribution in [3.05, 3.63) is 281 Å². The van der Waals surface area contributed by atoms with Gasteiger partial charge in [-0.25, -0.2) is 0 Å². The summed E-state index contributed by atoms with van der Waals surface area (Å²) in [5, 5.41) is 2.52. The van der Waals surface area contributed by atoms with E-state index in [9.17, 15) is 0 Å². The van der Waals surface area contributed by atoms with Gasteiger partial charge in [-0.1, -0.05) is 200 Å². The number of nitrogens with zero attached hydrogens (tertiary/aromatic N) is 1. The Morgan fingerprint density at radius 2 is 0.698 bits per heavy atom. The fraction of sp³-hybridized carbons (Fsp3) is 0.0323. The summed E-state index contributed by atoms with van der Waals surface area (Å²) in [7, 11) is 0. The third-order valence-corrected chi connectivity index (χ3v) is 14.7. The molecule has 0 unspecified atom stereocenters. The van der Waals surface area contributed by atoms with Crippen LogP contribution in [-0.4, -0.2) is 4.57 Å². The van der Waals surface area contributed by atoms with Gasteiger partial charge < -0.3 is 4.57 Å². The Hall–Kier alpha value is -8.00. The third kappa shape index (κ3) is 4.36. The summed E-state index contributed by atoms with van der Waals surface area (Å²) >= 11 is 0. The van der Waals surface area contributed by atoms with Crippen molar-refractivity contribution in [2.45, 2.75) is 10.8 Å². The minimum atomic E-state index is -0.568. The second-order valence-electron chi connectivity index (χ2n) is 17.5. The Kier molecular flexibility index (Phi) is 7.03. The number of para-hydroxylation sites is 2. The van der Waals surface area contributed by atoms with Crippen LogP contribution in [0, 0.1) is 0 Å². The van der Waals surface area contributed by atoms with Gasteiger partial charge in [0.1, 0.15) is 0 Å². The van der Waals surface area contributed by atoms with Crippen LogP contribution >= 0.6 is 0 Å². The second kappa shape index (κ2) is 12.8. The van der Waals surface area contributed by atoms with Crippen molar-refractivity contribution in [3.8, 4) is 50.2 Å². The van der Waals surface area contributed by atoms with Crippen LogP contribution in [0.25, 0.3) is 72.0 Å². The highest BCUT2D eigenvalue weighted by molar-refractivity contribution is 6.10. The number of rotatable bonds is 3. The molecule has 0 atom stereocenters. The minimum Gasteiger partial charge on any atom is -0.309 e. The van der Waals surface area contributed by atoms with E-state index in [0.717, 1.165) is 0 Å². The van der Waals surface area contributed by atoms with Gasteiger partial charge in [0.2, 0.25) is 0 Å². The Balaban J connectivity index is 1.02. The van der Waals surface area contributed by atoms with Gasteiger partial charge in [0.15, 0.2) is 0 Å². The first-order chi connectivity index (χ1) is 31.3. The molecule has 3 aliphatic rings. The van der Waals surface area contributed by atoms with Gasteiger partial charge in [-0.2, -0.15) is 0 Å². The standard InChI is InChI=1S/C62H39N/c1-2-20-43(21-3-1)63-58-35-15-7-25-48(58)50-39-41(36-37-59(50)63)40-18-16-19-42(38-40)44-26-17-27-49-47-24-6-10-30-53(47)62(60(44)49)56-33-13-11-31-54(56)61(55-32-12-14-34-57(55)62)51-28-8-4-22-45(51)46-23-5-9-29-52(46)61/h1-39H. The fourth-order valence-corrected chi connectivity index (χ4v) is 12.4. The maximum atomic E-state index is 2.44. The lowest BCUT2D eigenvalue weighted by atomic mass is 9.52. The number of benzene rings is 10. The van der Waals surface area contributed by atoms with E-state index in [2.05, 4.69) is 241 Å². The SMILES string of the molecule is c1ccc(-n2c3ccccc3c3cc(-c4cccc(-c5cccc6c5C5(c7ccccc7-6)c6ccccc6C6(c7ccccc7-c7ccccc76)c6ccccc65)c4)ccc32)cc1. The van der Waals surface area contributed by atoms with Crippen molar-refractivity contribution >= 4 is 21.8 Å². The lowest BCUT2D eigenvalue weighted by molar-refractivity contribution is 0.633. The molecular formula is C62H39N. The van der Waals surface area contributed by atoms with E-state index in [1.54, 1.807) is 0 Å². The van der Waals surface area contributed by atoms with Crippen LogP contribution in [0.15, 0.2) is 237 Å². The van der Waals surface area contributed by atoms with Crippen LogP contribution in [0.4, 0.5) is 0 Å². The van der Waals surface area contributed by atoms with E-state index >= 15 is 0 Å². The maximum Gasteiger partial charge on any atom is 0.0726 e. The van der Waals surface area contributed by atoms with Gasteiger partial charge in [0.25, 0.3) is 0 Å². The van der Waals surface area contributed by atoms with Crippen molar-refractivity contribution in [3.63, 3.8) is 0 Å². The molecule has 2 spiro atoms. The average molecular weight is 798 g/mol. The Labute approximate surface area is 366 Å². The van der Waals surface area contributed by atoms with E-state index in [-0.39, 0.29) is 0 Å². The summed E-state index contributed by atoms with van der Waals surface area (Å²) in [6, 6.07) is 89.1. The number of aromatic nitrogens is 1. The van der Waals surface area contributed by atoms with Crippen molar-refractivity contribution in [1.82, 2.24) is 4.57 Å². The highest BCUT2D eigenvalue weighted by Crippen LogP contribution is 2.68. The molecule has 11 aromatic rings. The monoisotopic (exact) mass is 797 g/mol. The van der Waals surface area contributed by atoms with Gasteiger partial charge >= 0.3 is 0 Å². The Morgan fingerprint density at radius 3 is 1.37 bits per heavy atom. The molecule has 0 aliphatic heterocycles. The van der Waals surface area contributed by atoms with E-state index in [4.69, 9.17) is 0 Å². The molecule has 14 rings (SSSR count). The summed E-state index contributed by atoms with van der Waals surface area (Å²) in [4.78, 5) is 0. The highest BCUT2D eigenvalue weighted by Gasteiger charge is 2.59. The number of hydrogen-bond acceptors (Lipinski definition) is 0. The van der Waals surface area contributed by atoms with Crippen LogP contribution in [0.2, 0.25) is 0 Å². The highest BCUT2D eigenvalue weighted by atomic mass is 15.0. The molecule has 0 bridgehead atoms. The third-order valence-electron chi connectivity index (χ3n) is 14.7. The molecule has 1 heteroatoms. The average Bonchev–Trinajstić information content (AvgIpc) is 3.96. The van der Waals surface area contributed by atoms with Gasteiger partial charge in [0, 0.05) is 16.5 Å². The zero-order valence-electron chi connectivity index (χ0n) is 34.5. The van der Waals surface area contributed by atoms with Crippen molar-refractivity contribution in [1.29, 1.82) is 0 Å². The zero-order valence-corrected chi connectivity index (χ0v) is 34.5. The first kappa shape index (κ1) is 34.7. The molecule has 0 saturated carbocycles. The van der Waals surface area contributed by atoms with Gasteiger partial charge in [-0.05, 0) is 125 Å². The molecule has 0 fully saturated rings. The molecule has 292 valence electrons. The largest absolute Gasteiger partial charge is 0.309 e. The summed E-state index contributed by atoms with van der Waals surface area (Å²) < 4.78 is 2.39. The lowest BCUT2D eigenvalue weighted by Gasteiger charge is -2.49. The van der Waals surface area contributed by atoms with Crippen LogP contribution in [0.1, 0.15) is 44.5 Å². The first-order valence-corrected chi connectivity index (χ1v) is 22.1. The molecule has 1 heterocycles. The summed E-state index contributed by atoms with van der Waals surface area (Å²) in [5.41, 5.74) is 23.5. The zero-order chi connectivity index (χ0) is 41.3. The van der Waals surface area contributed by atoms with Crippen LogP contribution < -0.4 is 0 Å². The quantitative estimate of drug-likeness (QED) is 0.168. The molecule has 10 aromatic carbocycles. The molecule has 0 N–H and O–H groups in total. The van der Waals surface area contributed by atoms with Crippen molar-refractivity contribution in [2.75, 3.05) is 0 Å². The molecule has 1 aromatic heterocycles. The van der Waals surface area contributed by atoms with E-state index in [1.165, 1.54) is 117 Å². The van der Waals surface area contributed by atoms with Crippen molar-refractivity contribution in [2.24, 2.45) is 0 Å². The molecule has 63 heavy (non-hydrogen) atoms. The van der Waals surface area contributed by atoms with Gasteiger partial charge in [-0.15, -0.1) is 0 Å². The lowest BCUT2D eigenvalue weighted by Crippen LogP contribution is -2.44. The predicted molar refractivity (Wildman–Crippen MR) is 260 cm³/mol. The normalized spacial score (nSPS) is 14.3. The summed E-state index contributed by atoms with van der Waals surface area (Å²) in [5.74, 6) is 0. The smallest absolute Gasteiger partial charge is 0.0726 e. The van der Waals surface area contributed by atoms with Crippen LogP contribution in [0.3, 0.4) is 0 Å². The Bertz CT molecular complexity index is 3600. The Morgan fingerprint density at radius 1 is 0.254 bits per heavy atom. The van der Waals surface area contributed by atoms with E-state index in [0.29, 0.717) is 0 Å². The van der Waals surface area contributed by atoms with Gasteiger partial charge in [0.05, 0.1) is 21.9 Å². The molecule has 3 aliphatic carbocycles. The number of fused-ring (bicyclic) bond motifs is 19. The van der Waals surface area contributed by atoms with E-state index in [1.807, 2.05) is 0 Å². The van der Waals surface area contributed by atoms with Gasteiger partial charge in [-0.3, -0.25) is 0 Å². The minimum absolute atomic E-state index is 0.472. The molecule has 1 nitrogen and oxygen atoms in total. The van der Waals surface area contributed by atoms with E-state index < -0.39 is 10.8 Å². The molecule has 0 saturated heterocycles. The second-order valence-corrected chi connectivity index (χ2v) is 17.5. The van der Waals surface area contributed by atoms with Crippen LogP contribution in [0.5, 0.6) is 0 Å². The molecule has 0 radical (unpaired) electrons. The molecular weight excluding hydrogens is 759 g/mol. The van der Waals surface area contributed by atoms with Crippen LogP contribution in [-0.2, 0) is 10.8 Å². The molecule has 0 amide bonds. The fourth-order valence-electron chi connectivity index (χ4n) is 12.4. The van der Waals surface area contributed by atoms with Crippen molar-refractivity contribution < 1.29 is 0 Å². The topological polar surface area (TPSA) is 4.93 Å². The summed E-state index contributed by atoms with van der Waals surface area (Å²) in [6.07, 6.45) is 0. The first-order valence-electron chi connectivity index (χ1n) is 22.1. The maximum absolute atomic E-state index is 2.44.